The van der Waals surface area contributed by atoms with E-state index in [1.807, 2.05) is 13.8 Å². The molecule has 0 aliphatic heterocycles. The Kier molecular flexibility index (Phi) is 6.59. The fourth-order valence-electron chi connectivity index (χ4n) is 1.33. The number of carbonyl (C=O) groups excluding carboxylic acids is 1. The van der Waals surface area contributed by atoms with Gasteiger partial charge in [-0.25, -0.2) is 8.42 Å². The number of carbonyl (C=O) groups is 1. The van der Waals surface area contributed by atoms with E-state index in [0.717, 1.165) is 19.1 Å². The summed E-state index contributed by atoms with van der Waals surface area (Å²) < 4.78 is 21.8. The molecule has 16 heavy (non-hydrogen) atoms. The normalized spacial score (nSPS) is 15.5. The van der Waals surface area contributed by atoms with Crippen LogP contribution < -0.4 is 11.1 Å². The molecule has 96 valence electrons. The highest BCUT2D eigenvalue weighted by Crippen LogP contribution is 1.98. The van der Waals surface area contributed by atoms with Gasteiger partial charge in [0, 0.05) is 12.3 Å². The molecular weight excluding hydrogens is 228 g/mol. The van der Waals surface area contributed by atoms with Crippen LogP contribution in [0.4, 0.5) is 0 Å². The SMILES string of the molecule is CCCC(C)NC(=O)C(N)CCS(C)(=O)=O. The Morgan fingerprint density at radius 2 is 1.94 bits per heavy atom. The lowest BCUT2D eigenvalue weighted by Gasteiger charge is -2.16. The second kappa shape index (κ2) is 6.85. The Hall–Kier alpha value is -0.620. The first-order valence-corrected chi connectivity index (χ1v) is 7.56. The van der Waals surface area contributed by atoms with E-state index < -0.39 is 15.9 Å². The number of rotatable bonds is 7. The van der Waals surface area contributed by atoms with Crippen LogP contribution in [0.25, 0.3) is 0 Å². The number of hydrogen-bond donors (Lipinski definition) is 2. The molecule has 2 atom stereocenters. The van der Waals surface area contributed by atoms with E-state index in [1.165, 1.54) is 0 Å². The number of nitrogens with one attached hydrogen (secondary N) is 1. The maximum Gasteiger partial charge on any atom is 0.237 e. The van der Waals surface area contributed by atoms with Crippen molar-refractivity contribution < 1.29 is 13.2 Å². The molecule has 1 amide bonds. The van der Waals surface area contributed by atoms with Crippen LogP contribution in [-0.2, 0) is 14.6 Å². The van der Waals surface area contributed by atoms with Crippen LogP contribution in [0.5, 0.6) is 0 Å². The highest BCUT2D eigenvalue weighted by atomic mass is 32.2. The monoisotopic (exact) mass is 250 g/mol. The van der Waals surface area contributed by atoms with Crippen LogP contribution in [0.1, 0.15) is 33.1 Å². The van der Waals surface area contributed by atoms with E-state index in [9.17, 15) is 13.2 Å². The first-order valence-electron chi connectivity index (χ1n) is 5.50. The standard InChI is InChI=1S/C10H22N2O3S/c1-4-5-8(2)12-10(13)9(11)6-7-16(3,14)15/h8-9H,4-7,11H2,1-3H3,(H,12,13). The molecule has 0 fully saturated rings. The highest BCUT2D eigenvalue weighted by Gasteiger charge is 2.17. The van der Waals surface area contributed by atoms with Gasteiger partial charge < -0.3 is 11.1 Å². The zero-order chi connectivity index (χ0) is 12.8. The maximum absolute atomic E-state index is 11.5. The van der Waals surface area contributed by atoms with Gasteiger partial charge in [0.1, 0.15) is 9.84 Å². The third-order valence-electron chi connectivity index (χ3n) is 2.25. The molecule has 0 saturated carbocycles. The molecule has 0 aromatic heterocycles. The Balaban J connectivity index is 4.00. The van der Waals surface area contributed by atoms with Gasteiger partial charge >= 0.3 is 0 Å². The van der Waals surface area contributed by atoms with Crippen LogP contribution in [0.2, 0.25) is 0 Å². The fraction of sp³-hybridized carbons (Fsp3) is 0.900. The van der Waals surface area contributed by atoms with Crippen LogP contribution in [-0.4, -0.2) is 38.4 Å². The quantitative estimate of drug-likeness (QED) is 0.668. The van der Waals surface area contributed by atoms with Gasteiger partial charge in [-0.1, -0.05) is 13.3 Å². The molecule has 0 rings (SSSR count). The summed E-state index contributed by atoms with van der Waals surface area (Å²) in [6.07, 6.45) is 3.19. The van der Waals surface area contributed by atoms with E-state index >= 15 is 0 Å². The lowest BCUT2D eigenvalue weighted by molar-refractivity contribution is -0.123. The Morgan fingerprint density at radius 3 is 2.38 bits per heavy atom. The number of sulfone groups is 1. The molecule has 0 heterocycles. The van der Waals surface area contributed by atoms with Gasteiger partial charge in [-0.15, -0.1) is 0 Å². The third-order valence-corrected chi connectivity index (χ3v) is 3.22. The summed E-state index contributed by atoms with van der Waals surface area (Å²) in [4.78, 5) is 11.5. The molecule has 2 unspecified atom stereocenters. The van der Waals surface area contributed by atoms with Crippen LogP contribution >= 0.6 is 0 Å². The van der Waals surface area contributed by atoms with Crippen molar-refractivity contribution in [1.29, 1.82) is 0 Å². The van der Waals surface area contributed by atoms with Gasteiger partial charge in [-0.2, -0.15) is 0 Å². The van der Waals surface area contributed by atoms with Gasteiger partial charge in [0.05, 0.1) is 11.8 Å². The number of hydrogen-bond acceptors (Lipinski definition) is 4. The first kappa shape index (κ1) is 15.4. The third kappa shape index (κ3) is 7.64. The topological polar surface area (TPSA) is 89.3 Å². The Morgan fingerprint density at radius 1 is 1.38 bits per heavy atom. The Labute approximate surface area is 97.7 Å². The summed E-state index contributed by atoms with van der Waals surface area (Å²) >= 11 is 0. The lowest BCUT2D eigenvalue weighted by atomic mass is 10.1. The maximum atomic E-state index is 11.5. The average molecular weight is 250 g/mol. The van der Waals surface area contributed by atoms with Crippen molar-refractivity contribution in [2.45, 2.75) is 45.2 Å². The van der Waals surface area contributed by atoms with Crippen molar-refractivity contribution in [3.8, 4) is 0 Å². The highest BCUT2D eigenvalue weighted by molar-refractivity contribution is 7.90. The zero-order valence-corrected chi connectivity index (χ0v) is 11.0. The summed E-state index contributed by atoms with van der Waals surface area (Å²) in [5, 5.41) is 2.76. The summed E-state index contributed by atoms with van der Waals surface area (Å²) in [6.45, 7) is 3.94. The predicted molar refractivity (Wildman–Crippen MR) is 64.8 cm³/mol. The minimum atomic E-state index is -3.05. The van der Waals surface area contributed by atoms with E-state index in [-0.39, 0.29) is 24.1 Å². The van der Waals surface area contributed by atoms with Crippen LogP contribution in [0, 0.1) is 0 Å². The van der Waals surface area contributed by atoms with Crippen LogP contribution in [0.15, 0.2) is 0 Å². The van der Waals surface area contributed by atoms with E-state index in [0.29, 0.717) is 0 Å². The molecular formula is C10H22N2O3S. The van der Waals surface area contributed by atoms with Gasteiger partial charge in [0.15, 0.2) is 0 Å². The summed E-state index contributed by atoms with van der Waals surface area (Å²) in [5.41, 5.74) is 5.59. The van der Waals surface area contributed by atoms with Crippen molar-refractivity contribution in [2.75, 3.05) is 12.0 Å². The molecule has 6 heteroatoms. The molecule has 5 nitrogen and oxygen atoms in total. The Bertz CT molecular complexity index is 314. The number of nitrogens with two attached hydrogens (primary N) is 1. The minimum absolute atomic E-state index is 0.0518. The molecule has 3 N–H and O–H groups in total. The van der Waals surface area contributed by atoms with Crippen molar-refractivity contribution >= 4 is 15.7 Å². The molecule has 0 aliphatic carbocycles. The summed E-state index contributed by atoms with van der Waals surface area (Å²) in [6, 6.07) is -0.657. The smallest absolute Gasteiger partial charge is 0.237 e. The molecule has 0 spiro atoms. The summed E-state index contributed by atoms with van der Waals surface area (Å²) in [7, 11) is -3.05. The molecule has 0 aromatic carbocycles. The van der Waals surface area contributed by atoms with Crippen molar-refractivity contribution in [3.63, 3.8) is 0 Å². The fourth-order valence-corrected chi connectivity index (χ4v) is 2.01. The lowest BCUT2D eigenvalue weighted by Crippen LogP contribution is -2.45. The van der Waals surface area contributed by atoms with E-state index in [1.54, 1.807) is 0 Å². The molecule has 0 bridgehead atoms. The van der Waals surface area contributed by atoms with Gasteiger partial charge in [0.25, 0.3) is 0 Å². The first-order chi connectivity index (χ1) is 7.26. The van der Waals surface area contributed by atoms with Gasteiger partial charge in [-0.3, -0.25) is 4.79 Å². The molecule has 0 aliphatic rings. The van der Waals surface area contributed by atoms with E-state index in [4.69, 9.17) is 5.73 Å². The molecule has 0 saturated heterocycles. The summed E-state index contributed by atoms with van der Waals surface area (Å²) in [5.74, 6) is -0.325. The van der Waals surface area contributed by atoms with Crippen molar-refractivity contribution in [3.05, 3.63) is 0 Å². The van der Waals surface area contributed by atoms with Crippen molar-refractivity contribution in [1.82, 2.24) is 5.32 Å². The van der Waals surface area contributed by atoms with E-state index in [2.05, 4.69) is 5.32 Å². The zero-order valence-electron chi connectivity index (χ0n) is 10.2. The largest absolute Gasteiger partial charge is 0.352 e. The van der Waals surface area contributed by atoms with Crippen molar-refractivity contribution in [2.24, 2.45) is 5.73 Å². The average Bonchev–Trinajstić information content (AvgIpc) is 2.13. The minimum Gasteiger partial charge on any atom is -0.352 e. The predicted octanol–water partition coefficient (Wildman–Crippen LogP) is 0.0532. The molecule has 0 radical (unpaired) electrons. The number of amides is 1. The second-order valence-electron chi connectivity index (χ2n) is 4.22. The van der Waals surface area contributed by atoms with Gasteiger partial charge in [-0.05, 0) is 19.8 Å². The second-order valence-corrected chi connectivity index (χ2v) is 6.48. The van der Waals surface area contributed by atoms with Crippen LogP contribution in [0.3, 0.4) is 0 Å². The van der Waals surface area contributed by atoms with Gasteiger partial charge in [0.2, 0.25) is 5.91 Å². The molecule has 0 aromatic rings.